The van der Waals surface area contributed by atoms with E-state index in [1.807, 2.05) is 19.1 Å². The summed E-state index contributed by atoms with van der Waals surface area (Å²) < 4.78 is 0.862. The third-order valence-corrected chi connectivity index (χ3v) is 4.78. The van der Waals surface area contributed by atoms with Gasteiger partial charge in [0.1, 0.15) is 0 Å². The van der Waals surface area contributed by atoms with E-state index < -0.39 is 0 Å². The zero-order valence-electron chi connectivity index (χ0n) is 15.4. The number of nitrogens with zero attached hydrogens (tertiary/aromatic N) is 2. The summed E-state index contributed by atoms with van der Waals surface area (Å²) in [7, 11) is 0. The van der Waals surface area contributed by atoms with Crippen LogP contribution in [0.5, 0.6) is 0 Å². The van der Waals surface area contributed by atoms with Gasteiger partial charge in [0.2, 0.25) is 0 Å². The topological polar surface area (TPSA) is 54.9 Å². The fourth-order valence-electron chi connectivity index (χ4n) is 2.76. The van der Waals surface area contributed by atoms with Crippen molar-refractivity contribution in [2.45, 2.75) is 39.7 Å². The number of carbonyl (C=O) groups is 1. The number of carbonyl (C=O) groups excluding carboxylic acids is 1. The highest BCUT2D eigenvalue weighted by atomic mass is 79.9. The Morgan fingerprint density at radius 2 is 1.85 bits per heavy atom. The number of aromatic nitrogens is 2. The average Bonchev–Trinajstić information content (AvgIpc) is 2.59. The van der Waals surface area contributed by atoms with Gasteiger partial charge in [-0.15, -0.1) is 0 Å². The Bertz CT molecular complexity index is 959. The Morgan fingerprint density at radius 1 is 1.15 bits per heavy atom. The number of aryl methyl sites for hydroxylation is 1. The molecule has 0 aliphatic heterocycles. The Labute approximate surface area is 162 Å². The highest BCUT2D eigenvalue weighted by Gasteiger charge is 2.14. The van der Waals surface area contributed by atoms with Crippen LogP contribution >= 0.6 is 15.9 Å². The molecule has 0 radical (unpaired) electrons. The van der Waals surface area contributed by atoms with E-state index in [1.54, 1.807) is 6.20 Å². The normalized spacial score (nSPS) is 11.6. The molecule has 0 spiro atoms. The Morgan fingerprint density at radius 3 is 2.50 bits per heavy atom. The van der Waals surface area contributed by atoms with Gasteiger partial charge in [-0.05, 0) is 51.5 Å². The van der Waals surface area contributed by atoms with Gasteiger partial charge in [0, 0.05) is 22.6 Å². The van der Waals surface area contributed by atoms with Crippen LogP contribution in [0.3, 0.4) is 0 Å². The molecule has 134 valence electrons. The first-order valence-electron chi connectivity index (χ1n) is 8.54. The van der Waals surface area contributed by atoms with Gasteiger partial charge in [-0.2, -0.15) is 0 Å². The standard InChI is InChI=1S/C21H22BrN3O/c1-13-18(10-15-9-17(22)12-23-19(15)25-13)20(26)24-11-14-5-7-16(8-6-14)21(2,3)4/h5-10,12H,11H2,1-4H3,(H,24,26). The van der Waals surface area contributed by atoms with E-state index in [-0.39, 0.29) is 11.3 Å². The summed E-state index contributed by atoms with van der Waals surface area (Å²) in [5.41, 5.74) is 4.36. The molecule has 2 heterocycles. The van der Waals surface area contributed by atoms with Crippen molar-refractivity contribution in [3.63, 3.8) is 0 Å². The van der Waals surface area contributed by atoms with Crippen molar-refractivity contribution in [3.05, 3.63) is 69.5 Å². The minimum atomic E-state index is -0.128. The number of rotatable bonds is 3. The predicted octanol–water partition coefficient (Wildman–Crippen LogP) is 4.93. The Balaban J connectivity index is 1.76. The molecule has 3 aromatic rings. The second-order valence-corrected chi connectivity index (χ2v) is 8.37. The van der Waals surface area contributed by atoms with Gasteiger partial charge < -0.3 is 5.32 Å². The third-order valence-electron chi connectivity index (χ3n) is 4.34. The van der Waals surface area contributed by atoms with Crippen molar-refractivity contribution in [3.8, 4) is 0 Å². The maximum Gasteiger partial charge on any atom is 0.253 e. The largest absolute Gasteiger partial charge is 0.348 e. The highest BCUT2D eigenvalue weighted by Crippen LogP contribution is 2.22. The first-order valence-corrected chi connectivity index (χ1v) is 9.34. The van der Waals surface area contributed by atoms with Crippen LogP contribution in [0.2, 0.25) is 0 Å². The molecule has 0 saturated carbocycles. The summed E-state index contributed by atoms with van der Waals surface area (Å²) in [5.74, 6) is -0.128. The number of pyridine rings is 2. The SMILES string of the molecule is Cc1nc2ncc(Br)cc2cc1C(=O)NCc1ccc(C(C)(C)C)cc1. The maximum atomic E-state index is 12.6. The first-order chi connectivity index (χ1) is 12.2. The Hall–Kier alpha value is -2.27. The molecule has 0 fully saturated rings. The van der Waals surface area contributed by atoms with Gasteiger partial charge >= 0.3 is 0 Å². The van der Waals surface area contributed by atoms with Crippen molar-refractivity contribution < 1.29 is 4.79 Å². The molecule has 5 heteroatoms. The van der Waals surface area contributed by atoms with Crippen LogP contribution in [-0.4, -0.2) is 15.9 Å². The fourth-order valence-corrected chi connectivity index (χ4v) is 3.11. The molecule has 1 aromatic carbocycles. The van der Waals surface area contributed by atoms with Crippen molar-refractivity contribution >= 4 is 32.9 Å². The molecule has 0 unspecified atom stereocenters. The lowest BCUT2D eigenvalue weighted by Crippen LogP contribution is -2.24. The van der Waals surface area contributed by atoms with Crippen LogP contribution in [-0.2, 0) is 12.0 Å². The molecule has 0 aliphatic carbocycles. The zero-order chi connectivity index (χ0) is 18.9. The van der Waals surface area contributed by atoms with Crippen LogP contribution in [0.1, 0.15) is 48.0 Å². The lowest BCUT2D eigenvalue weighted by Gasteiger charge is -2.19. The molecule has 0 atom stereocenters. The summed E-state index contributed by atoms with van der Waals surface area (Å²) in [5, 5.41) is 3.82. The highest BCUT2D eigenvalue weighted by molar-refractivity contribution is 9.10. The van der Waals surface area contributed by atoms with Gasteiger partial charge in [0.05, 0.1) is 11.3 Å². The zero-order valence-corrected chi connectivity index (χ0v) is 17.0. The Kier molecular flexibility index (Phi) is 5.10. The summed E-state index contributed by atoms with van der Waals surface area (Å²) >= 11 is 3.40. The van der Waals surface area contributed by atoms with Gasteiger partial charge in [0.15, 0.2) is 5.65 Å². The number of amides is 1. The molecule has 26 heavy (non-hydrogen) atoms. The smallest absolute Gasteiger partial charge is 0.253 e. The summed E-state index contributed by atoms with van der Waals surface area (Å²) in [6.45, 7) is 8.87. The van der Waals surface area contributed by atoms with Crippen LogP contribution in [0.25, 0.3) is 11.0 Å². The minimum absolute atomic E-state index is 0.123. The molecule has 1 N–H and O–H groups in total. The van der Waals surface area contributed by atoms with Crippen LogP contribution in [0, 0.1) is 6.92 Å². The molecule has 0 aliphatic rings. The lowest BCUT2D eigenvalue weighted by molar-refractivity contribution is 0.0950. The number of hydrogen-bond donors (Lipinski definition) is 1. The molecule has 0 saturated heterocycles. The van der Waals surface area contributed by atoms with Gasteiger partial charge in [-0.1, -0.05) is 45.0 Å². The van der Waals surface area contributed by atoms with Crippen LogP contribution < -0.4 is 5.32 Å². The van der Waals surface area contributed by atoms with Gasteiger partial charge in [-0.25, -0.2) is 9.97 Å². The van der Waals surface area contributed by atoms with E-state index in [0.29, 0.717) is 23.4 Å². The molecular formula is C21H22BrN3O. The summed E-state index contributed by atoms with van der Waals surface area (Å²) in [6, 6.07) is 12.1. The summed E-state index contributed by atoms with van der Waals surface area (Å²) in [6.07, 6.45) is 1.70. The molecule has 3 rings (SSSR count). The van der Waals surface area contributed by atoms with Crippen molar-refractivity contribution in [2.75, 3.05) is 0 Å². The first kappa shape index (κ1) is 18.5. The minimum Gasteiger partial charge on any atom is -0.348 e. The number of halogens is 1. The van der Waals surface area contributed by atoms with E-state index >= 15 is 0 Å². The monoisotopic (exact) mass is 411 g/mol. The van der Waals surface area contributed by atoms with Crippen molar-refractivity contribution in [2.24, 2.45) is 0 Å². The molecule has 4 nitrogen and oxygen atoms in total. The second kappa shape index (κ2) is 7.16. The van der Waals surface area contributed by atoms with Gasteiger partial charge in [-0.3, -0.25) is 4.79 Å². The number of hydrogen-bond acceptors (Lipinski definition) is 3. The van der Waals surface area contributed by atoms with E-state index in [2.05, 4.69) is 76.3 Å². The second-order valence-electron chi connectivity index (χ2n) is 7.45. The number of fused-ring (bicyclic) bond motifs is 1. The predicted molar refractivity (Wildman–Crippen MR) is 108 cm³/mol. The maximum absolute atomic E-state index is 12.6. The lowest BCUT2D eigenvalue weighted by atomic mass is 9.87. The van der Waals surface area contributed by atoms with E-state index in [9.17, 15) is 4.79 Å². The third kappa shape index (κ3) is 4.10. The van der Waals surface area contributed by atoms with Crippen molar-refractivity contribution in [1.29, 1.82) is 0 Å². The summed E-state index contributed by atoms with van der Waals surface area (Å²) in [4.78, 5) is 21.3. The van der Waals surface area contributed by atoms with Gasteiger partial charge in [0.25, 0.3) is 5.91 Å². The van der Waals surface area contributed by atoms with E-state index in [0.717, 1.165) is 15.4 Å². The van der Waals surface area contributed by atoms with Crippen molar-refractivity contribution in [1.82, 2.24) is 15.3 Å². The molecule has 1 amide bonds. The molecule has 2 aromatic heterocycles. The van der Waals surface area contributed by atoms with E-state index in [1.165, 1.54) is 5.56 Å². The average molecular weight is 412 g/mol. The number of nitrogens with one attached hydrogen (secondary N) is 1. The fraction of sp³-hybridized carbons (Fsp3) is 0.286. The van der Waals surface area contributed by atoms with Crippen LogP contribution in [0.15, 0.2) is 47.1 Å². The van der Waals surface area contributed by atoms with Crippen LogP contribution in [0.4, 0.5) is 0 Å². The van der Waals surface area contributed by atoms with E-state index in [4.69, 9.17) is 0 Å². The number of benzene rings is 1. The molecular weight excluding hydrogens is 390 g/mol. The molecule has 0 bridgehead atoms. The quantitative estimate of drug-likeness (QED) is 0.664.